The summed E-state index contributed by atoms with van der Waals surface area (Å²) in [5, 5.41) is 5.85. The fourth-order valence-corrected chi connectivity index (χ4v) is 6.09. The number of ether oxygens (including phenoxy) is 1. The number of rotatable bonds is 6. The molecule has 2 atom stereocenters. The molecule has 0 saturated heterocycles. The topological polar surface area (TPSA) is 71.3 Å². The molecule has 5 rings (SSSR count). The average Bonchev–Trinajstić information content (AvgIpc) is 3.49. The highest BCUT2D eigenvalue weighted by Gasteiger charge is 2.48. The van der Waals surface area contributed by atoms with E-state index in [2.05, 4.69) is 4.99 Å². The van der Waals surface area contributed by atoms with Gasteiger partial charge in [0.05, 0.1) is 17.9 Å². The van der Waals surface area contributed by atoms with E-state index in [0.29, 0.717) is 18.9 Å². The summed E-state index contributed by atoms with van der Waals surface area (Å²) in [6.45, 7) is 0.917. The summed E-state index contributed by atoms with van der Waals surface area (Å²) in [6.07, 6.45) is 0. The molecule has 0 N–H and O–H groups in total. The van der Waals surface area contributed by atoms with Crippen molar-refractivity contribution in [3.05, 3.63) is 102 Å². The Kier molecular flexibility index (Phi) is 5.49. The number of aliphatic imine (C=N–C) groups is 1. The van der Waals surface area contributed by atoms with Gasteiger partial charge in [-0.1, -0.05) is 78.9 Å². The summed E-state index contributed by atoms with van der Waals surface area (Å²) >= 11 is 0. The van der Waals surface area contributed by atoms with Gasteiger partial charge in [-0.3, -0.25) is 10.0 Å². The predicted molar refractivity (Wildman–Crippen MR) is 127 cm³/mol. The lowest BCUT2D eigenvalue weighted by atomic mass is 9.97. The van der Waals surface area contributed by atoms with Crippen LogP contribution < -0.4 is 5.01 Å². The van der Waals surface area contributed by atoms with Crippen LogP contribution in [0.25, 0.3) is 0 Å². The lowest BCUT2D eigenvalue weighted by Gasteiger charge is -2.28. The van der Waals surface area contributed by atoms with Crippen molar-refractivity contribution >= 4 is 27.1 Å². The zero-order chi connectivity index (χ0) is 22.0. The highest BCUT2D eigenvalue weighted by molar-refractivity contribution is 7.93. The number of hydrogen-bond donors (Lipinski definition) is 0. The molecule has 32 heavy (non-hydrogen) atoms. The van der Waals surface area contributed by atoms with Gasteiger partial charge in [0.1, 0.15) is 23.7 Å². The quantitative estimate of drug-likeness (QED) is 0.578. The van der Waals surface area contributed by atoms with Gasteiger partial charge in [0.2, 0.25) is 0 Å². The van der Waals surface area contributed by atoms with Crippen molar-refractivity contribution in [2.24, 2.45) is 10.1 Å². The zero-order valence-corrected chi connectivity index (χ0v) is 18.2. The van der Waals surface area contributed by atoms with Gasteiger partial charge >= 0.3 is 0 Å². The number of hydrogen-bond acceptors (Lipinski definition) is 6. The van der Waals surface area contributed by atoms with E-state index in [0.717, 1.165) is 16.8 Å². The molecule has 2 unspecified atom stereocenters. The van der Waals surface area contributed by atoms with E-state index in [4.69, 9.17) is 9.84 Å². The minimum absolute atomic E-state index is 0.241. The van der Waals surface area contributed by atoms with Crippen LogP contribution in [0.4, 0.5) is 5.69 Å². The summed E-state index contributed by atoms with van der Waals surface area (Å²) in [5.74, 6) is 0.0394. The molecule has 0 radical (unpaired) electrons. The maximum atomic E-state index is 13.9. The minimum Gasteiger partial charge on any atom is -0.478 e. The third-order valence-corrected chi connectivity index (χ3v) is 7.53. The third kappa shape index (κ3) is 3.91. The van der Waals surface area contributed by atoms with Gasteiger partial charge in [-0.15, -0.1) is 0 Å². The Balaban J connectivity index is 1.68. The van der Waals surface area contributed by atoms with E-state index < -0.39 is 21.1 Å². The highest BCUT2D eigenvalue weighted by Crippen LogP contribution is 2.40. The number of anilines is 1. The highest BCUT2D eigenvalue weighted by atomic mass is 32.2. The standard InChI is InChI=1S/C25H23N3O3S/c29-32(30,18-22-26-16-17-31-22)25-23(19-10-4-1-5-11-19)27-28(21-14-8-3-9-15-21)24(25)20-12-6-2-7-13-20/h1-15,24-25H,16-18H2. The Labute approximate surface area is 187 Å². The number of benzene rings is 3. The molecular weight excluding hydrogens is 422 g/mol. The number of para-hydroxylation sites is 1. The van der Waals surface area contributed by atoms with Gasteiger partial charge in [-0.25, -0.2) is 8.42 Å². The molecule has 0 fully saturated rings. The van der Waals surface area contributed by atoms with E-state index in [1.165, 1.54) is 0 Å². The zero-order valence-electron chi connectivity index (χ0n) is 17.4. The van der Waals surface area contributed by atoms with Crippen molar-refractivity contribution in [3.8, 4) is 0 Å². The second-order valence-corrected chi connectivity index (χ2v) is 9.86. The van der Waals surface area contributed by atoms with Crippen molar-refractivity contribution in [3.63, 3.8) is 0 Å². The van der Waals surface area contributed by atoms with Crippen LogP contribution in [-0.2, 0) is 14.6 Å². The van der Waals surface area contributed by atoms with Gasteiger partial charge in [-0.05, 0) is 23.3 Å². The molecule has 0 aliphatic carbocycles. The lowest BCUT2D eigenvalue weighted by molar-refractivity contribution is 0.345. The summed E-state index contributed by atoms with van der Waals surface area (Å²) < 4.78 is 33.2. The maximum Gasteiger partial charge on any atom is 0.198 e. The first-order valence-electron chi connectivity index (χ1n) is 10.5. The van der Waals surface area contributed by atoms with Crippen molar-refractivity contribution in [2.75, 3.05) is 23.9 Å². The van der Waals surface area contributed by atoms with Crippen LogP contribution in [0, 0.1) is 0 Å². The first-order valence-corrected chi connectivity index (χ1v) is 12.3. The summed E-state index contributed by atoms with van der Waals surface area (Å²) in [6, 6.07) is 28.4. The minimum atomic E-state index is -3.71. The Morgan fingerprint density at radius 3 is 2.12 bits per heavy atom. The molecule has 2 aliphatic rings. The van der Waals surface area contributed by atoms with Gasteiger partial charge in [0.15, 0.2) is 15.7 Å². The van der Waals surface area contributed by atoms with Crippen molar-refractivity contribution < 1.29 is 13.2 Å². The van der Waals surface area contributed by atoms with E-state index in [-0.39, 0.29) is 11.7 Å². The van der Waals surface area contributed by atoms with E-state index in [1.807, 2.05) is 96.0 Å². The Morgan fingerprint density at radius 2 is 1.50 bits per heavy atom. The van der Waals surface area contributed by atoms with Gasteiger partial charge < -0.3 is 4.74 Å². The second-order valence-electron chi connectivity index (χ2n) is 7.74. The van der Waals surface area contributed by atoms with Gasteiger partial charge in [-0.2, -0.15) is 5.10 Å². The fraction of sp³-hybridized carbons (Fsp3) is 0.200. The maximum absolute atomic E-state index is 13.9. The van der Waals surface area contributed by atoms with Crippen LogP contribution in [0.5, 0.6) is 0 Å². The molecule has 7 heteroatoms. The Bertz CT molecular complexity index is 1240. The first-order chi connectivity index (χ1) is 15.6. The van der Waals surface area contributed by atoms with Crippen LogP contribution in [-0.4, -0.2) is 44.2 Å². The predicted octanol–water partition coefficient (Wildman–Crippen LogP) is 3.86. The molecule has 2 heterocycles. The van der Waals surface area contributed by atoms with E-state index >= 15 is 0 Å². The molecule has 3 aromatic rings. The number of hydrazone groups is 1. The summed E-state index contributed by atoms with van der Waals surface area (Å²) in [7, 11) is -3.71. The molecule has 0 bridgehead atoms. The van der Waals surface area contributed by atoms with Crippen molar-refractivity contribution in [2.45, 2.75) is 11.3 Å². The lowest BCUT2D eigenvalue weighted by Crippen LogP contribution is -2.39. The molecule has 2 aliphatic heterocycles. The molecular formula is C25H23N3O3S. The van der Waals surface area contributed by atoms with Gasteiger partial charge in [0.25, 0.3) is 0 Å². The van der Waals surface area contributed by atoms with Crippen LogP contribution >= 0.6 is 0 Å². The van der Waals surface area contributed by atoms with Gasteiger partial charge in [0, 0.05) is 0 Å². The molecule has 0 aromatic heterocycles. The Morgan fingerprint density at radius 1 is 0.875 bits per heavy atom. The average molecular weight is 446 g/mol. The molecule has 0 spiro atoms. The van der Waals surface area contributed by atoms with Crippen LogP contribution in [0.3, 0.4) is 0 Å². The van der Waals surface area contributed by atoms with Crippen LogP contribution in [0.15, 0.2) is 101 Å². The largest absolute Gasteiger partial charge is 0.478 e. The summed E-state index contributed by atoms with van der Waals surface area (Å²) in [4.78, 5) is 4.23. The normalized spacial score (nSPS) is 20.6. The molecule has 0 amide bonds. The van der Waals surface area contributed by atoms with Crippen LogP contribution in [0.1, 0.15) is 17.2 Å². The monoisotopic (exact) mass is 445 g/mol. The smallest absolute Gasteiger partial charge is 0.198 e. The summed E-state index contributed by atoms with van der Waals surface area (Å²) in [5.41, 5.74) is 3.03. The number of nitrogens with zero attached hydrogens (tertiary/aromatic N) is 3. The SMILES string of the molecule is O=S(=O)(CC1=NCCO1)C1C(c2ccccc2)=NN(c2ccccc2)C1c1ccccc1. The molecule has 162 valence electrons. The van der Waals surface area contributed by atoms with Crippen molar-refractivity contribution in [1.29, 1.82) is 0 Å². The molecule has 6 nitrogen and oxygen atoms in total. The second kappa shape index (κ2) is 8.59. The molecule has 0 saturated carbocycles. The van der Waals surface area contributed by atoms with E-state index in [1.54, 1.807) is 0 Å². The Hall–Kier alpha value is -3.45. The third-order valence-electron chi connectivity index (χ3n) is 5.63. The fourth-order valence-electron chi connectivity index (χ4n) is 4.20. The molecule has 3 aromatic carbocycles. The van der Waals surface area contributed by atoms with Crippen LogP contribution in [0.2, 0.25) is 0 Å². The van der Waals surface area contributed by atoms with Crippen molar-refractivity contribution in [1.82, 2.24) is 0 Å². The first kappa shape index (κ1) is 20.5. The van der Waals surface area contributed by atoms with E-state index in [9.17, 15) is 8.42 Å². The number of sulfone groups is 1.